The smallest absolute Gasteiger partial charge is 0.291 e. The Balaban J connectivity index is 0.00000245. The van der Waals surface area contributed by atoms with E-state index in [4.69, 9.17) is 0 Å². The highest BCUT2D eigenvalue weighted by molar-refractivity contribution is 7.99. The van der Waals surface area contributed by atoms with Gasteiger partial charge in [0.15, 0.2) is 0 Å². The number of rotatable bonds is 4. The van der Waals surface area contributed by atoms with E-state index in [2.05, 4.69) is 25.4 Å². The molecule has 5 rings (SSSR count). The van der Waals surface area contributed by atoms with Crippen LogP contribution in [0.4, 0.5) is 5.69 Å². The number of fused-ring (bicyclic) bond motifs is 2. The third kappa shape index (κ3) is 4.09. The number of hydrogen-bond donors (Lipinski definition) is 2. The molecule has 2 N–H and O–H groups in total. The van der Waals surface area contributed by atoms with Crippen molar-refractivity contribution < 1.29 is 9.59 Å². The van der Waals surface area contributed by atoms with E-state index in [9.17, 15) is 9.59 Å². The fourth-order valence-corrected chi connectivity index (χ4v) is 4.61. The van der Waals surface area contributed by atoms with Crippen molar-refractivity contribution in [3.05, 3.63) is 66.5 Å². The second kappa shape index (κ2) is 8.83. The maximum Gasteiger partial charge on any atom is 0.291 e. The standard InChI is InChI=1S/C21H19N7O2S.CH4/c1-27-17-7-14-15(23-11-22-14)8-18(17)31-10-16(21(27)30)25-20(29)19-24-12-28(26-19)9-13-5-3-2-4-6-13;/h2-8,11-12,16H,9-10H2,1H3,(H,22,23)(H,25,29);1H4/t16-;/m0./s1. The molecule has 1 aliphatic rings. The van der Waals surface area contributed by atoms with Crippen LogP contribution in [-0.4, -0.2) is 55.4 Å². The molecule has 0 saturated heterocycles. The molecule has 2 aromatic carbocycles. The van der Waals surface area contributed by atoms with Crippen LogP contribution in [0.2, 0.25) is 0 Å². The average molecular weight is 450 g/mol. The number of imidazole rings is 1. The molecule has 0 unspecified atom stereocenters. The summed E-state index contributed by atoms with van der Waals surface area (Å²) in [7, 11) is 1.71. The molecule has 4 aromatic rings. The average Bonchev–Trinajstić information content (AvgIpc) is 3.42. The lowest BCUT2D eigenvalue weighted by molar-refractivity contribution is -0.119. The van der Waals surface area contributed by atoms with Crippen LogP contribution in [0.1, 0.15) is 23.6 Å². The van der Waals surface area contributed by atoms with Gasteiger partial charge in [-0.15, -0.1) is 16.9 Å². The van der Waals surface area contributed by atoms with E-state index in [1.807, 2.05) is 42.5 Å². The molecule has 1 aliphatic heterocycles. The number of aromatic amines is 1. The lowest BCUT2D eigenvalue weighted by Gasteiger charge is -2.21. The Morgan fingerprint density at radius 2 is 2.06 bits per heavy atom. The quantitative estimate of drug-likeness (QED) is 0.496. The molecule has 0 aliphatic carbocycles. The van der Waals surface area contributed by atoms with Gasteiger partial charge in [-0.25, -0.2) is 14.6 Å². The first-order valence-electron chi connectivity index (χ1n) is 9.70. The zero-order chi connectivity index (χ0) is 21.4. The molecule has 0 bridgehead atoms. The summed E-state index contributed by atoms with van der Waals surface area (Å²) in [6.07, 6.45) is 3.14. The van der Waals surface area contributed by atoms with Gasteiger partial charge in [-0.1, -0.05) is 37.8 Å². The van der Waals surface area contributed by atoms with Crippen molar-refractivity contribution in [2.75, 3.05) is 17.7 Å². The molecule has 0 radical (unpaired) electrons. The van der Waals surface area contributed by atoms with E-state index >= 15 is 0 Å². The molecule has 1 atom stereocenters. The predicted octanol–water partition coefficient (Wildman–Crippen LogP) is 2.71. The van der Waals surface area contributed by atoms with Gasteiger partial charge in [0.2, 0.25) is 11.7 Å². The van der Waals surface area contributed by atoms with Crippen LogP contribution in [0, 0.1) is 0 Å². The number of nitrogens with one attached hydrogen (secondary N) is 2. The van der Waals surface area contributed by atoms with E-state index in [1.165, 1.54) is 18.1 Å². The Hall–Kier alpha value is -3.66. The van der Waals surface area contributed by atoms with E-state index < -0.39 is 11.9 Å². The minimum atomic E-state index is -0.692. The van der Waals surface area contributed by atoms with Crippen LogP contribution in [0.15, 0.2) is 60.0 Å². The molecule has 2 amide bonds. The number of carbonyl (C=O) groups is 2. The van der Waals surface area contributed by atoms with E-state index in [1.54, 1.807) is 23.0 Å². The number of amides is 2. The Kier molecular flexibility index (Phi) is 5.95. The Labute approximate surface area is 189 Å². The second-order valence-corrected chi connectivity index (χ2v) is 8.29. The number of anilines is 1. The maximum absolute atomic E-state index is 13.0. The van der Waals surface area contributed by atoms with Gasteiger partial charge in [-0.3, -0.25) is 9.59 Å². The number of likely N-dealkylation sites (N-methyl/N-ethyl adjacent to an activating group) is 1. The van der Waals surface area contributed by atoms with Gasteiger partial charge in [0, 0.05) is 17.7 Å². The fraction of sp³-hybridized carbons (Fsp3) is 0.227. The third-order valence-corrected chi connectivity index (χ3v) is 6.27. The lowest BCUT2D eigenvalue weighted by atomic mass is 10.2. The monoisotopic (exact) mass is 449 g/mol. The molecule has 0 spiro atoms. The lowest BCUT2D eigenvalue weighted by Crippen LogP contribution is -2.48. The third-order valence-electron chi connectivity index (χ3n) is 5.13. The van der Waals surface area contributed by atoms with Crippen molar-refractivity contribution in [1.82, 2.24) is 30.0 Å². The molecular formula is C22H23N7O2S. The summed E-state index contributed by atoms with van der Waals surface area (Å²) in [5.41, 5.74) is 3.53. The van der Waals surface area contributed by atoms with Crippen LogP contribution in [0.5, 0.6) is 0 Å². The number of nitrogens with zero attached hydrogens (tertiary/aromatic N) is 5. The van der Waals surface area contributed by atoms with Crippen LogP contribution in [0.3, 0.4) is 0 Å². The van der Waals surface area contributed by atoms with E-state index in [0.717, 1.165) is 27.2 Å². The number of benzene rings is 2. The zero-order valence-electron chi connectivity index (χ0n) is 16.6. The van der Waals surface area contributed by atoms with Crippen LogP contribution in [-0.2, 0) is 11.3 Å². The summed E-state index contributed by atoms with van der Waals surface area (Å²) >= 11 is 1.51. The number of thioether (sulfide) groups is 1. The second-order valence-electron chi connectivity index (χ2n) is 7.23. The van der Waals surface area contributed by atoms with Crippen LogP contribution in [0.25, 0.3) is 11.0 Å². The molecule has 2 aromatic heterocycles. The molecule has 10 heteroatoms. The summed E-state index contributed by atoms with van der Waals surface area (Å²) in [4.78, 5) is 39.7. The Bertz CT molecular complexity index is 1270. The topological polar surface area (TPSA) is 109 Å². The summed E-state index contributed by atoms with van der Waals surface area (Å²) in [5.74, 6) is -0.223. The molecular weight excluding hydrogens is 426 g/mol. The molecule has 32 heavy (non-hydrogen) atoms. The highest BCUT2D eigenvalue weighted by Crippen LogP contribution is 2.36. The van der Waals surface area contributed by atoms with Crippen molar-refractivity contribution in [3.8, 4) is 0 Å². The summed E-state index contributed by atoms with van der Waals surface area (Å²) in [5, 5.41) is 7.05. The SMILES string of the molecule is C.CN1C(=O)[C@@H](NC(=O)c2ncn(Cc3ccccc3)n2)CSc2cc3nc[nH]c3cc21. The Morgan fingerprint density at radius 3 is 2.88 bits per heavy atom. The summed E-state index contributed by atoms with van der Waals surface area (Å²) in [6.45, 7) is 0.512. The molecule has 0 saturated carbocycles. The van der Waals surface area contributed by atoms with Gasteiger partial charge < -0.3 is 15.2 Å². The normalized spacial score (nSPS) is 15.7. The van der Waals surface area contributed by atoms with Gasteiger partial charge in [0.25, 0.3) is 5.91 Å². The van der Waals surface area contributed by atoms with E-state index in [-0.39, 0.29) is 19.2 Å². The van der Waals surface area contributed by atoms with Crippen molar-refractivity contribution in [2.24, 2.45) is 0 Å². The summed E-state index contributed by atoms with van der Waals surface area (Å²) in [6, 6.07) is 13.0. The molecule has 0 fully saturated rings. The van der Waals surface area contributed by atoms with Gasteiger partial charge in [-0.2, -0.15) is 0 Å². The first-order valence-corrected chi connectivity index (χ1v) is 10.7. The first-order chi connectivity index (χ1) is 15.1. The highest BCUT2D eigenvalue weighted by Gasteiger charge is 2.31. The molecule has 164 valence electrons. The number of aromatic nitrogens is 5. The predicted molar refractivity (Wildman–Crippen MR) is 124 cm³/mol. The van der Waals surface area contributed by atoms with Crippen LogP contribution >= 0.6 is 11.8 Å². The van der Waals surface area contributed by atoms with Crippen molar-refractivity contribution in [1.29, 1.82) is 0 Å². The summed E-state index contributed by atoms with van der Waals surface area (Å²) < 4.78 is 1.60. The van der Waals surface area contributed by atoms with Crippen LogP contribution < -0.4 is 10.2 Å². The fourth-order valence-electron chi connectivity index (χ4n) is 3.50. The number of hydrogen-bond acceptors (Lipinski definition) is 6. The van der Waals surface area contributed by atoms with Gasteiger partial charge >= 0.3 is 0 Å². The van der Waals surface area contributed by atoms with Crippen molar-refractivity contribution in [3.63, 3.8) is 0 Å². The Morgan fingerprint density at radius 1 is 1.25 bits per heavy atom. The zero-order valence-corrected chi connectivity index (χ0v) is 17.5. The van der Waals surface area contributed by atoms with Gasteiger partial charge in [0.05, 0.1) is 29.6 Å². The first kappa shape index (κ1) is 21.6. The largest absolute Gasteiger partial charge is 0.345 e. The minimum Gasteiger partial charge on any atom is -0.345 e. The van der Waals surface area contributed by atoms with Crippen molar-refractivity contribution in [2.45, 2.75) is 24.9 Å². The highest BCUT2D eigenvalue weighted by atomic mass is 32.2. The number of H-pyrrole nitrogens is 1. The van der Waals surface area contributed by atoms with Crippen molar-refractivity contribution >= 4 is 40.3 Å². The minimum absolute atomic E-state index is 0. The van der Waals surface area contributed by atoms with E-state index in [0.29, 0.717) is 12.3 Å². The molecule has 9 nitrogen and oxygen atoms in total. The number of carbonyl (C=O) groups excluding carboxylic acids is 2. The molecule has 3 heterocycles. The maximum atomic E-state index is 13.0. The van der Waals surface area contributed by atoms with Gasteiger partial charge in [-0.05, 0) is 17.7 Å². The van der Waals surface area contributed by atoms with Gasteiger partial charge in [0.1, 0.15) is 12.4 Å².